The number of para-hydroxylation sites is 1. The van der Waals surface area contributed by atoms with Crippen molar-refractivity contribution in [2.24, 2.45) is 0 Å². The zero-order chi connectivity index (χ0) is 18.9. The molecule has 0 spiro atoms. The van der Waals surface area contributed by atoms with Gasteiger partial charge in [0.15, 0.2) is 0 Å². The summed E-state index contributed by atoms with van der Waals surface area (Å²) < 4.78 is 5.66. The van der Waals surface area contributed by atoms with Crippen molar-refractivity contribution in [2.75, 3.05) is 13.2 Å². The maximum absolute atomic E-state index is 13.3. The van der Waals surface area contributed by atoms with Gasteiger partial charge in [0, 0.05) is 12.7 Å². The lowest BCUT2D eigenvalue weighted by molar-refractivity contribution is 0.0739. The molecule has 1 aromatic heterocycles. The van der Waals surface area contributed by atoms with Crippen molar-refractivity contribution in [3.63, 3.8) is 0 Å². The molecule has 0 atom stereocenters. The van der Waals surface area contributed by atoms with Crippen LogP contribution in [-0.2, 0) is 13.0 Å². The Morgan fingerprint density at radius 3 is 2.44 bits per heavy atom. The predicted molar refractivity (Wildman–Crippen MR) is 107 cm³/mol. The Kier molecular flexibility index (Phi) is 6.58. The van der Waals surface area contributed by atoms with Crippen LogP contribution < -0.4 is 4.74 Å². The largest absolute Gasteiger partial charge is 0.493 e. The molecule has 27 heavy (non-hydrogen) atoms. The molecule has 0 saturated heterocycles. The minimum Gasteiger partial charge on any atom is -0.493 e. The number of rotatable bonds is 8. The number of hydrogen-bond donors (Lipinski definition) is 0. The molecule has 0 N–H and O–H groups in total. The molecule has 2 aromatic carbocycles. The fraction of sp³-hybridized carbons (Fsp3) is 0.217. The summed E-state index contributed by atoms with van der Waals surface area (Å²) in [4.78, 5) is 19.5. The van der Waals surface area contributed by atoms with Crippen LogP contribution in [0, 0.1) is 0 Å². The van der Waals surface area contributed by atoms with E-state index in [4.69, 9.17) is 4.74 Å². The molecule has 0 radical (unpaired) electrons. The van der Waals surface area contributed by atoms with E-state index >= 15 is 0 Å². The quantitative estimate of drug-likeness (QED) is 0.599. The number of pyridine rings is 1. The van der Waals surface area contributed by atoms with Crippen LogP contribution in [-0.4, -0.2) is 28.9 Å². The predicted octanol–water partition coefficient (Wildman–Crippen LogP) is 4.37. The highest BCUT2D eigenvalue weighted by molar-refractivity contribution is 5.96. The highest BCUT2D eigenvalue weighted by atomic mass is 16.5. The van der Waals surface area contributed by atoms with Crippen LogP contribution >= 0.6 is 0 Å². The van der Waals surface area contributed by atoms with Crippen molar-refractivity contribution in [1.29, 1.82) is 0 Å². The van der Waals surface area contributed by atoms with Crippen molar-refractivity contribution < 1.29 is 9.53 Å². The van der Waals surface area contributed by atoms with Gasteiger partial charge in [-0.25, -0.2) is 0 Å². The summed E-state index contributed by atoms with van der Waals surface area (Å²) in [5.74, 6) is 0.580. The monoisotopic (exact) mass is 360 g/mol. The molecule has 0 fully saturated rings. The van der Waals surface area contributed by atoms with Gasteiger partial charge >= 0.3 is 0 Å². The van der Waals surface area contributed by atoms with Gasteiger partial charge in [-0.2, -0.15) is 0 Å². The van der Waals surface area contributed by atoms with Crippen LogP contribution in [0.5, 0.6) is 5.75 Å². The maximum Gasteiger partial charge on any atom is 0.257 e. The Balaban J connectivity index is 1.83. The zero-order valence-corrected chi connectivity index (χ0v) is 15.5. The summed E-state index contributed by atoms with van der Waals surface area (Å²) in [6, 6.07) is 23.4. The van der Waals surface area contributed by atoms with Gasteiger partial charge in [0.25, 0.3) is 5.91 Å². The molecule has 3 aromatic rings. The highest BCUT2D eigenvalue weighted by Gasteiger charge is 2.20. The van der Waals surface area contributed by atoms with Gasteiger partial charge < -0.3 is 9.64 Å². The number of nitrogens with zero attached hydrogens (tertiary/aromatic N) is 2. The van der Waals surface area contributed by atoms with Crippen molar-refractivity contribution >= 4 is 5.91 Å². The van der Waals surface area contributed by atoms with Gasteiger partial charge in [-0.1, -0.05) is 48.5 Å². The second kappa shape index (κ2) is 9.53. The van der Waals surface area contributed by atoms with E-state index in [9.17, 15) is 4.79 Å². The van der Waals surface area contributed by atoms with Crippen LogP contribution in [0.2, 0.25) is 0 Å². The van der Waals surface area contributed by atoms with E-state index in [-0.39, 0.29) is 5.91 Å². The van der Waals surface area contributed by atoms with E-state index in [1.54, 1.807) is 6.20 Å². The van der Waals surface area contributed by atoms with Crippen molar-refractivity contribution in [3.8, 4) is 5.75 Å². The van der Waals surface area contributed by atoms with Crippen LogP contribution in [0.3, 0.4) is 0 Å². The highest BCUT2D eigenvalue weighted by Crippen LogP contribution is 2.21. The number of hydrogen-bond acceptors (Lipinski definition) is 3. The molecule has 138 valence electrons. The average molecular weight is 360 g/mol. The number of aromatic nitrogens is 1. The number of ether oxygens (including phenoxy) is 1. The van der Waals surface area contributed by atoms with Crippen molar-refractivity contribution in [2.45, 2.75) is 19.9 Å². The van der Waals surface area contributed by atoms with Gasteiger partial charge in [-0.3, -0.25) is 9.78 Å². The van der Waals surface area contributed by atoms with Crippen molar-refractivity contribution in [1.82, 2.24) is 9.88 Å². The lowest BCUT2D eigenvalue weighted by Gasteiger charge is -2.23. The van der Waals surface area contributed by atoms with Gasteiger partial charge in [0.1, 0.15) is 5.75 Å². The van der Waals surface area contributed by atoms with Gasteiger partial charge in [-0.15, -0.1) is 0 Å². The second-order valence-electron chi connectivity index (χ2n) is 6.21. The Hall–Kier alpha value is -3.14. The molecule has 1 heterocycles. The molecule has 0 aliphatic rings. The number of benzene rings is 2. The minimum absolute atomic E-state index is 0.0411. The summed E-state index contributed by atoms with van der Waals surface area (Å²) in [5, 5.41) is 0. The third kappa shape index (κ3) is 5.17. The molecule has 0 unspecified atom stereocenters. The summed E-state index contributed by atoms with van der Waals surface area (Å²) in [7, 11) is 0. The first-order chi connectivity index (χ1) is 13.3. The Morgan fingerprint density at radius 2 is 1.70 bits per heavy atom. The third-order valence-electron chi connectivity index (χ3n) is 4.30. The molecule has 1 amide bonds. The number of carbonyl (C=O) groups is 1. The summed E-state index contributed by atoms with van der Waals surface area (Å²) in [5.41, 5.74) is 2.66. The van der Waals surface area contributed by atoms with E-state index in [1.807, 2.05) is 72.5 Å². The topological polar surface area (TPSA) is 42.4 Å². The first kappa shape index (κ1) is 18.6. The van der Waals surface area contributed by atoms with Crippen LogP contribution in [0.4, 0.5) is 0 Å². The summed E-state index contributed by atoms with van der Waals surface area (Å²) in [6.45, 7) is 3.52. The molecule has 0 aliphatic carbocycles. The molecule has 4 nitrogen and oxygen atoms in total. The fourth-order valence-corrected chi connectivity index (χ4v) is 2.94. The smallest absolute Gasteiger partial charge is 0.257 e. The van der Waals surface area contributed by atoms with E-state index in [2.05, 4.69) is 17.1 Å². The molecule has 3 rings (SSSR count). The average Bonchev–Trinajstić information content (AvgIpc) is 2.73. The number of carbonyl (C=O) groups excluding carboxylic acids is 1. The molecule has 0 saturated carbocycles. The van der Waals surface area contributed by atoms with E-state index in [0.29, 0.717) is 31.0 Å². The Bertz CT molecular complexity index is 851. The standard InChI is InChI=1S/C23H24N2O2/c1-2-27-22-14-7-6-13-21(22)23(26)25(18-20-12-8-9-16-24-20)17-15-19-10-4-3-5-11-19/h3-14,16H,2,15,17-18H2,1H3. The lowest BCUT2D eigenvalue weighted by Crippen LogP contribution is -2.33. The van der Waals surface area contributed by atoms with Crippen LogP contribution in [0.1, 0.15) is 28.5 Å². The SMILES string of the molecule is CCOc1ccccc1C(=O)N(CCc1ccccc1)Cc1ccccn1. The van der Waals surface area contributed by atoms with E-state index in [1.165, 1.54) is 5.56 Å². The third-order valence-corrected chi connectivity index (χ3v) is 4.30. The normalized spacial score (nSPS) is 10.4. The maximum atomic E-state index is 13.3. The zero-order valence-electron chi connectivity index (χ0n) is 15.5. The van der Waals surface area contributed by atoms with E-state index in [0.717, 1.165) is 12.1 Å². The molecular formula is C23H24N2O2. The van der Waals surface area contributed by atoms with Gasteiger partial charge in [0.05, 0.1) is 24.4 Å². The molecular weight excluding hydrogens is 336 g/mol. The first-order valence-electron chi connectivity index (χ1n) is 9.23. The molecule has 0 aliphatic heterocycles. The van der Waals surface area contributed by atoms with Crippen LogP contribution in [0.25, 0.3) is 0 Å². The number of amides is 1. The molecule has 0 bridgehead atoms. The van der Waals surface area contributed by atoms with Gasteiger partial charge in [-0.05, 0) is 43.2 Å². The van der Waals surface area contributed by atoms with Crippen molar-refractivity contribution in [3.05, 3.63) is 95.8 Å². The second-order valence-corrected chi connectivity index (χ2v) is 6.21. The minimum atomic E-state index is -0.0411. The molecule has 4 heteroatoms. The van der Waals surface area contributed by atoms with Crippen LogP contribution in [0.15, 0.2) is 79.0 Å². The summed E-state index contributed by atoms with van der Waals surface area (Å²) >= 11 is 0. The fourth-order valence-electron chi connectivity index (χ4n) is 2.94. The Labute approximate surface area is 160 Å². The summed E-state index contributed by atoms with van der Waals surface area (Å²) in [6.07, 6.45) is 2.54. The Morgan fingerprint density at radius 1 is 0.963 bits per heavy atom. The lowest BCUT2D eigenvalue weighted by atomic mass is 10.1. The van der Waals surface area contributed by atoms with Gasteiger partial charge in [0.2, 0.25) is 0 Å². The first-order valence-corrected chi connectivity index (χ1v) is 9.23. The van der Waals surface area contributed by atoms with E-state index < -0.39 is 0 Å².